The summed E-state index contributed by atoms with van der Waals surface area (Å²) in [6.07, 6.45) is 18.5. The van der Waals surface area contributed by atoms with E-state index in [1.165, 1.54) is 57.8 Å². The largest absolute Gasteiger partial charge is 0.498 e. The first-order valence-corrected chi connectivity index (χ1v) is 12.0. The van der Waals surface area contributed by atoms with E-state index in [2.05, 4.69) is 13.8 Å². The number of rotatable bonds is 21. The topological polar surface area (TPSA) is 52.6 Å². The van der Waals surface area contributed by atoms with Gasteiger partial charge in [-0.2, -0.15) is 0 Å². The van der Waals surface area contributed by atoms with E-state index in [1.807, 2.05) is 13.0 Å². The maximum Gasteiger partial charge on any atom is 0.306 e. The summed E-state index contributed by atoms with van der Waals surface area (Å²) >= 11 is 0. The van der Waals surface area contributed by atoms with Gasteiger partial charge in [-0.15, -0.1) is 0 Å². The van der Waals surface area contributed by atoms with E-state index < -0.39 is 0 Å². The van der Waals surface area contributed by atoms with Gasteiger partial charge in [0.2, 0.25) is 0 Å². The molecule has 170 valence electrons. The second kappa shape index (κ2) is 21.4. The van der Waals surface area contributed by atoms with Crippen molar-refractivity contribution in [2.75, 3.05) is 13.2 Å². The predicted octanol–water partition coefficient (Wildman–Crippen LogP) is 7.16. The van der Waals surface area contributed by atoms with Gasteiger partial charge < -0.3 is 14.3 Å². The Hall–Kier alpha value is -1.32. The molecule has 0 aliphatic rings. The highest BCUT2D eigenvalue weighted by molar-refractivity contribution is 5.70. The third-order valence-corrected chi connectivity index (χ3v) is 5.24. The van der Waals surface area contributed by atoms with Crippen LogP contribution in [0, 0.1) is 5.92 Å². The molecule has 0 heterocycles. The average molecular weight is 411 g/mol. The zero-order valence-electron chi connectivity index (χ0n) is 19.4. The minimum Gasteiger partial charge on any atom is -0.498 e. The molecule has 0 aromatic rings. The second-order valence-corrected chi connectivity index (χ2v) is 8.04. The monoisotopic (exact) mass is 410 g/mol. The molecule has 4 heteroatoms. The van der Waals surface area contributed by atoms with Crippen LogP contribution in [0.2, 0.25) is 0 Å². The SMILES string of the molecule is C/C=C(/CC(CC=O)CC(=O)OCCCCCCCC)OCCCCCCCC. The molecule has 0 spiro atoms. The molecule has 29 heavy (non-hydrogen) atoms. The van der Waals surface area contributed by atoms with Crippen molar-refractivity contribution in [3.63, 3.8) is 0 Å². The third kappa shape index (κ3) is 18.4. The minimum atomic E-state index is -0.197. The van der Waals surface area contributed by atoms with E-state index >= 15 is 0 Å². The van der Waals surface area contributed by atoms with Crippen LogP contribution in [-0.4, -0.2) is 25.5 Å². The second-order valence-electron chi connectivity index (χ2n) is 8.04. The number of aldehydes is 1. The van der Waals surface area contributed by atoms with Gasteiger partial charge in [0.05, 0.1) is 19.0 Å². The van der Waals surface area contributed by atoms with Gasteiger partial charge in [0.25, 0.3) is 0 Å². The standard InChI is InChI=1S/C25H46O4/c1-4-7-9-11-13-15-19-28-24(6-3)21-23(17-18-26)22-25(27)29-20-16-14-12-10-8-5-2/h6,18,23H,4-5,7-17,19-22H2,1-3H3/b24-6-. The molecular weight excluding hydrogens is 364 g/mol. The van der Waals surface area contributed by atoms with Crippen LogP contribution >= 0.6 is 0 Å². The Kier molecular flexibility index (Phi) is 20.4. The van der Waals surface area contributed by atoms with Crippen LogP contribution in [0.5, 0.6) is 0 Å². The molecule has 1 atom stereocenters. The maximum absolute atomic E-state index is 12.1. The number of carbonyl (C=O) groups excluding carboxylic acids is 2. The van der Waals surface area contributed by atoms with E-state index in [4.69, 9.17) is 9.47 Å². The lowest BCUT2D eigenvalue weighted by atomic mass is 9.97. The number of unbranched alkanes of at least 4 members (excludes halogenated alkanes) is 10. The molecule has 0 aliphatic heterocycles. The Labute approximate surface area is 179 Å². The zero-order valence-corrected chi connectivity index (χ0v) is 19.4. The van der Waals surface area contributed by atoms with E-state index in [1.54, 1.807) is 0 Å². The van der Waals surface area contributed by atoms with E-state index in [9.17, 15) is 9.59 Å². The summed E-state index contributed by atoms with van der Waals surface area (Å²) in [7, 11) is 0. The van der Waals surface area contributed by atoms with E-state index in [0.717, 1.165) is 31.3 Å². The molecular formula is C25H46O4. The van der Waals surface area contributed by atoms with Crippen molar-refractivity contribution in [1.82, 2.24) is 0 Å². The van der Waals surface area contributed by atoms with Gasteiger partial charge in [0.1, 0.15) is 6.29 Å². The van der Waals surface area contributed by atoms with Gasteiger partial charge in [-0.25, -0.2) is 0 Å². The van der Waals surface area contributed by atoms with Crippen LogP contribution < -0.4 is 0 Å². The Morgan fingerprint density at radius 1 is 0.759 bits per heavy atom. The zero-order chi connectivity index (χ0) is 21.6. The van der Waals surface area contributed by atoms with E-state index in [-0.39, 0.29) is 18.3 Å². The van der Waals surface area contributed by atoms with Gasteiger partial charge in [0, 0.05) is 19.3 Å². The average Bonchev–Trinajstić information content (AvgIpc) is 2.71. The first-order chi connectivity index (χ1) is 14.2. The van der Waals surface area contributed by atoms with Crippen molar-refractivity contribution in [2.24, 2.45) is 5.92 Å². The van der Waals surface area contributed by atoms with Crippen LogP contribution in [0.25, 0.3) is 0 Å². The van der Waals surface area contributed by atoms with Crippen molar-refractivity contribution in [2.45, 2.75) is 117 Å². The van der Waals surface area contributed by atoms with Crippen LogP contribution in [0.4, 0.5) is 0 Å². The maximum atomic E-state index is 12.1. The molecule has 0 N–H and O–H groups in total. The van der Waals surface area contributed by atoms with Crippen LogP contribution in [0.15, 0.2) is 11.8 Å². The number of allylic oxidation sites excluding steroid dienone is 2. The first kappa shape index (κ1) is 27.7. The summed E-state index contributed by atoms with van der Waals surface area (Å²) in [5, 5.41) is 0. The third-order valence-electron chi connectivity index (χ3n) is 5.24. The molecule has 0 aromatic heterocycles. The number of hydrogen-bond donors (Lipinski definition) is 0. The van der Waals surface area contributed by atoms with Crippen molar-refractivity contribution in [1.29, 1.82) is 0 Å². The van der Waals surface area contributed by atoms with E-state index in [0.29, 0.717) is 26.1 Å². The molecule has 0 bridgehead atoms. The highest BCUT2D eigenvalue weighted by Gasteiger charge is 2.17. The van der Waals surface area contributed by atoms with Crippen molar-refractivity contribution < 1.29 is 19.1 Å². The van der Waals surface area contributed by atoms with Crippen LogP contribution in [-0.2, 0) is 19.1 Å². The van der Waals surface area contributed by atoms with Gasteiger partial charge in [-0.05, 0) is 31.8 Å². The Balaban J connectivity index is 4.03. The highest BCUT2D eigenvalue weighted by atomic mass is 16.5. The summed E-state index contributed by atoms with van der Waals surface area (Å²) in [5.41, 5.74) is 0. The van der Waals surface area contributed by atoms with Crippen LogP contribution in [0.3, 0.4) is 0 Å². The minimum absolute atomic E-state index is 0.0414. The summed E-state index contributed by atoms with van der Waals surface area (Å²) in [4.78, 5) is 23.1. The van der Waals surface area contributed by atoms with Crippen LogP contribution in [0.1, 0.15) is 117 Å². The van der Waals surface area contributed by atoms with Crippen molar-refractivity contribution in [3.05, 3.63) is 11.8 Å². The Morgan fingerprint density at radius 2 is 1.28 bits per heavy atom. The molecule has 0 radical (unpaired) electrons. The molecule has 4 nitrogen and oxygen atoms in total. The molecule has 0 saturated heterocycles. The Bertz CT molecular complexity index is 417. The lowest BCUT2D eigenvalue weighted by Crippen LogP contribution is -2.14. The highest BCUT2D eigenvalue weighted by Crippen LogP contribution is 2.20. The summed E-state index contributed by atoms with van der Waals surface area (Å²) in [6.45, 7) is 7.58. The predicted molar refractivity (Wildman–Crippen MR) is 121 cm³/mol. The first-order valence-electron chi connectivity index (χ1n) is 12.0. The summed E-state index contributed by atoms with van der Waals surface area (Å²) in [5.74, 6) is 0.645. The fraction of sp³-hybridized carbons (Fsp3) is 0.840. The number of esters is 1. The molecule has 0 aromatic carbocycles. The molecule has 0 amide bonds. The Morgan fingerprint density at radius 3 is 1.79 bits per heavy atom. The van der Waals surface area contributed by atoms with Gasteiger partial charge in [-0.3, -0.25) is 4.79 Å². The van der Waals surface area contributed by atoms with Gasteiger partial charge in [-0.1, -0.05) is 78.1 Å². The van der Waals surface area contributed by atoms with Gasteiger partial charge >= 0.3 is 5.97 Å². The number of ether oxygens (including phenoxy) is 2. The van der Waals surface area contributed by atoms with Gasteiger partial charge in [0.15, 0.2) is 0 Å². The fourth-order valence-corrected chi connectivity index (χ4v) is 3.37. The lowest BCUT2D eigenvalue weighted by Gasteiger charge is -2.17. The normalized spacial score (nSPS) is 12.6. The quantitative estimate of drug-likeness (QED) is 0.0872. The molecule has 1 unspecified atom stereocenters. The fourth-order valence-electron chi connectivity index (χ4n) is 3.37. The lowest BCUT2D eigenvalue weighted by molar-refractivity contribution is -0.145. The van der Waals surface area contributed by atoms with Crippen molar-refractivity contribution >= 4 is 12.3 Å². The molecule has 0 aliphatic carbocycles. The van der Waals surface area contributed by atoms with Crippen molar-refractivity contribution in [3.8, 4) is 0 Å². The summed E-state index contributed by atoms with van der Waals surface area (Å²) in [6, 6.07) is 0. The molecule has 0 rings (SSSR count). The molecule has 0 saturated carbocycles. The smallest absolute Gasteiger partial charge is 0.306 e. The summed E-state index contributed by atoms with van der Waals surface area (Å²) < 4.78 is 11.3. The molecule has 0 fully saturated rings. The number of carbonyl (C=O) groups is 2. The number of hydrogen-bond acceptors (Lipinski definition) is 4.